The van der Waals surface area contributed by atoms with E-state index in [9.17, 15) is 0 Å². The van der Waals surface area contributed by atoms with E-state index in [2.05, 4.69) is 29.1 Å². The van der Waals surface area contributed by atoms with E-state index in [1.807, 2.05) is 11.8 Å². The van der Waals surface area contributed by atoms with Gasteiger partial charge >= 0.3 is 0 Å². The van der Waals surface area contributed by atoms with Crippen LogP contribution >= 0.6 is 0 Å². The monoisotopic (exact) mass is 267 g/mol. The summed E-state index contributed by atoms with van der Waals surface area (Å²) >= 11 is 0. The molecule has 0 atom stereocenters. The van der Waals surface area contributed by atoms with Gasteiger partial charge in [0.1, 0.15) is 12.0 Å². The summed E-state index contributed by atoms with van der Waals surface area (Å²) in [7, 11) is 0. The lowest BCUT2D eigenvalue weighted by Crippen LogP contribution is -2.28. The minimum atomic E-state index is 0.0768. The van der Waals surface area contributed by atoms with Crippen molar-refractivity contribution in [3.05, 3.63) is 6.33 Å². The van der Waals surface area contributed by atoms with E-state index >= 15 is 0 Å². The molecule has 0 bridgehead atoms. The number of hydrogen-bond donors (Lipinski definition) is 3. The van der Waals surface area contributed by atoms with Crippen LogP contribution in [0.5, 0.6) is 0 Å². The van der Waals surface area contributed by atoms with Crippen molar-refractivity contribution < 1.29 is 5.11 Å². The van der Waals surface area contributed by atoms with Gasteiger partial charge in [-0.25, -0.2) is 9.97 Å². The summed E-state index contributed by atoms with van der Waals surface area (Å²) in [5.41, 5.74) is 6.64. The van der Waals surface area contributed by atoms with Gasteiger partial charge in [0, 0.05) is 19.6 Å². The highest BCUT2D eigenvalue weighted by Gasteiger charge is 2.13. The highest BCUT2D eigenvalue weighted by Crippen LogP contribution is 2.25. The molecule has 1 heterocycles. The standard InChI is InChI=1S/C13H25N5O/c1-4-18(7-8-19)13-11(14)12(16-9-17-13)15-6-5-10(2)3/h9-10,19H,4-8,14H2,1-3H3,(H,15,16,17). The Morgan fingerprint density at radius 3 is 2.74 bits per heavy atom. The number of nitrogens with two attached hydrogens (primary N) is 1. The molecule has 1 rings (SSSR count). The van der Waals surface area contributed by atoms with Gasteiger partial charge in [-0.3, -0.25) is 0 Å². The molecule has 0 aromatic carbocycles. The number of nitrogen functional groups attached to an aromatic ring is 1. The van der Waals surface area contributed by atoms with Crippen LogP contribution in [-0.4, -0.2) is 41.3 Å². The zero-order chi connectivity index (χ0) is 14.3. The molecule has 0 unspecified atom stereocenters. The van der Waals surface area contributed by atoms with Crippen LogP contribution in [0.25, 0.3) is 0 Å². The number of nitrogens with zero attached hydrogens (tertiary/aromatic N) is 3. The molecule has 4 N–H and O–H groups in total. The molecule has 0 aliphatic heterocycles. The van der Waals surface area contributed by atoms with Crippen LogP contribution in [0.2, 0.25) is 0 Å². The Labute approximate surface area is 115 Å². The van der Waals surface area contributed by atoms with E-state index in [4.69, 9.17) is 10.8 Å². The first-order chi connectivity index (χ1) is 9.10. The summed E-state index contributed by atoms with van der Waals surface area (Å²) < 4.78 is 0. The van der Waals surface area contributed by atoms with Crippen molar-refractivity contribution in [3.63, 3.8) is 0 Å². The van der Waals surface area contributed by atoms with Gasteiger partial charge in [-0.1, -0.05) is 13.8 Å². The Kier molecular flexibility index (Phi) is 6.35. The molecule has 0 amide bonds. The number of hydrogen-bond acceptors (Lipinski definition) is 6. The van der Waals surface area contributed by atoms with Crippen LogP contribution in [0.1, 0.15) is 27.2 Å². The molecule has 0 aliphatic carbocycles. The summed E-state index contributed by atoms with van der Waals surface area (Å²) in [4.78, 5) is 10.3. The van der Waals surface area contributed by atoms with Gasteiger partial charge < -0.3 is 21.1 Å². The van der Waals surface area contributed by atoms with Gasteiger partial charge in [-0.15, -0.1) is 0 Å². The SMILES string of the molecule is CCN(CCO)c1ncnc(NCCC(C)C)c1N. The number of rotatable bonds is 8. The largest absolute Gasteiger partial charge is 0.395 e. The average Bonchev–Trinajstić information content (AvgIpc) is 2.38. The molecular formula is C13H25N5O. The maximum absolute atomic E-state index is 9.05. The van der Waals surface area contributed by atoms with E-state index < -0.39 is 0 Å². The second-order valence-corrected chi connectivity index (χ2v) is 4.87. The van der Waals surface area contributed by atoms with Gasteiger partial charge in [0.2, 0.25) is 0 Å². The summed E-state index contributed by atoms with van der Waals surface area (Å²) in [5, 5.41) is 12.3. The topological polar surface area (TPSA) is 87.3 Å². The predicted octanol–water partition coefficient (Wildman–Crippen LogP) is 1.34. The van der Waals surface area contributed by atoms with Crippen molar-refractivity contribution >= 4 is 17.3 Å². The van der Waals surface area contributed by atoms with Crippen LogP contribution < -0.4 is 16.0 Å². The van der Waals surface area contributed by atoms with Gasteiger partial charge in [-0.05, 0) is 19.3 Å². The molecule has 0 fully saturated rings. The lowest BCUT2D eigenvalue weighted by Gasteiger charge is -2.23. The molecule has 1 aromatic rings. The smallest absolute Gasteiger partial charge is 0.157 e. The molecule has 0 radical (unpaired) electrons. The Bertz CT molecular complexity index is 383. The number of nitrogens with one attached hydrogen (secondary N) is 1. The van der Waals surface area contributed by atoms with Gasteiger partial charge in [-0.2, -0.15) is 0 Å². The second kappa shape index (κ2) is 7.78. The van der Waals surface area contributed by atoms with Crippen molar-refractivity contribution in [1.29, 1.82) is 0 Å². The lowest BCUT2D eigenvalue weighted by molar-refractivity contribution is 0.302. The van der Waals surface area contributed by atoms with E-state index in [1.165, 1.54) is 6.33 Å². The first-order valence-corrected chi connectivity index (χ1v) is 6.80. The third kappa shape index (κ3) is 4.55. The zero-order valence-corrected chi connectivity index (χ0v) is 12.1. The van der Waals surface area contributed by atoms with Crippen molar-refractivity contribution in [3.8, 4) is 0 Å². The second-order valence-electron chi connectivity index (χ2n) is 4.87. The summed E-state index contributed by atoms with van der Waals surface area (Å²) in [6.45, 7) is 8.53. The Balaban J connectivity index is 2.79. The molecule has 6 nitrogen and oxygen atoms in total. The van der Waals surface area contributed by atoms with Crippen molar-refractivity contribution in [2.75, 3.05) is 42.2 Å². The molecule has 0 saturated heterocycles. The van der Waals surface area contributed by atoms with Crippen molar-refractivity contribution in [2.45, 2.75) is 27.2 Å². The Hall–Kier alpha value is -1.56. The van der Waals surface area contributed by atoms with E-state index in [0.717, 1.165) is 19.5 Å². The summed E-state index contributed by atoms with van der Waals surface area (Å²) in [6, 6.07) is 0. The van der Waals surface area contributed by atoms with Crippen LogP contribution in [-0.2, 0) is 0 Å². The van der Waals surface area contributed by atoms with Gasteiger partial charge in [0.05, 0.1) is 6.61 Å². The predicted molar refractivity (Wildman–Crippen MR) is 79.4 cm³/mol. The molecule has 6 heteroatoms. The fourth-order valence-electron chi connectivity index (χ4n) is 1.79. The Morgan fingerprint density at radius 2 is 2.16 bits per heavy atom. The minimum absolute atomic E-state index is 0.0768. The lowest BCUT2D eigenvalue weighted by atomic mass is 10.1. The first kappa shape index (κ1) is 15.5. The molecule has 108 valence electrons. The van der Waals surface area contributed by atoms with Crippen molar-refractivity contribution in [1.82, 2.24) is 9.97 Å². The maximum atomic E-state index is 9.05. The molecule has 0 saturated carbocycles. The first-order valence-electron chi connectivity index (χ1n) is 6.80. The van der Waals surface area contributed by atoms with Crippen molar-refractivity contribution in [2.24, 2.45) is 5.92 Å². The van der Waals surface area contributed by atoms with E-state index in [0.29, 0.717) is 29.8 Å². The van der Waals surface area contributed by atoms with Crippen LogP contribution in [0.15, 0.2) is 6.33 Å². The fraction of sp³-hybridized carbons (Fsp3) is 0.692. The molecule has 0 spiro atoms. The minimum Gasteiger partial charge on any atom is -0.395 e. The molecule has 1 aromatic heterocycles. The normalized spacial score (nSPS) is 10.8. The quantitative estimate of drug-likeness (QED) is 0.659. The summed E-state index contributed by atoms with van der Waals surface area (Å²) in [5.74, 6) is 1.98. The van der Waals surface area contributed by atoms with Crippen LogP contribution in [0, 0.1) is 5.92 Å². The third-order valence-corrected chi connectivity index (χ3v) is 2.93. The molecule has 0 aliphatic rings. The van der Waals surface area contributed by atoms with Crippen LogP contribution in [0.3, 0.4) is 0 Å². The Morgan fingerprint density at radius 1 is 1.42 bits per heavy atom. The maximum Gasteiger partial charge on any atom is 0.157 e. The average molecular weight is 267 g/mol. The highest BCUT2D eigenvalue weighted by molar-refractivity contribution is 5.74. The number of aromatic nitrogens is 2. The number of anilines is 3. The van der Waals surface area contributed by atoms with Crippen LogP contribution in [0.4, 0.5) is 17.3 Å². The van der Waals surface area contributed by atoms with Gasteiger partial charge in [0.25, 0.3) is 0 Å². The van der Waals surface area contributed by atoms with E-state index in [-0.39, 0.29) is 6.61 Å². The highest BCUT2D eigenvalue weighted by atomic mass is 16.3. The van der Waals surface area contributed by atoms with E-state index in [1.54, 1.807) is 0 Å². The third-order valence-electron chi connectivity index (χ3n) is 2.93. The number of likely N-dealkylation sites (N-methyl/N-ethyl adjacent to an activating group) is 1. The molecular weight excluding hydrogens is 242 g/mol. The summed E-state index contributed by atoms with van der Waals surface area (Å²) in [6.07, 6.45) is 2.57. The molecule has 19 heavy (non-hydrogen) atoms. The van der Waals surface area contributed by atoms with Gasteiger partial charge in [0.15, 0.2) is 11.6 Å². The fourth-order valence-corrected chi connectivity index (χ4v) is 1.79. The zero-order valence-electron chi connectivity index (χ0n) is 12.1. The number of aliphatic hydroxyl groups is 1. The number of aliphatic hydroxyl groups excluding tert-OH is 1.